The van der Waals surface area contributed by atoms with Crippen LogP contribution in [-0.4, -0.2) is 96.4 Å². The molecule has 58 heavy (non-hydrogen) atoms. The summed E-state index contributed by atoms with van der Waals surface area (Å²) in [6.45, 7) is 10.1. The quantitative estimate of drug-likeness (QED) is 0.252. The van der Waals surface area contributed by atoms with Crippen molar-refractivity contribution in [1.29, 1.82) is 5.26 Å². The lowest BCUT2D eigenvalue weighted by Gasteiger charge is -2.41. The average molecular weight is 783 g/mol. The highest BCUT2D eigenvalue weighted by Gasteiger charge is 2.32. The zero-order valence-corrected chi connectivity index (χ0v) is 33.7. The predicted octanol–water partition coefficient (Wildman–Crippen LogP) is 3.98. The molecule has 0 bridgehead atoms. The van der Waals surface area contributed by atoms with Gasteiger partial charge in [0.1, 0.15) is 6.04 Å². The normalized spacial score (nSPS) is 19.5. The second-order valence-corrected chi connectivity index (χ2v) is 16.5. The summed E-state index contributed by atoms with van der Waals surface area (Å²) in [6.07, 6.45) is 2.70. The Morgan fingerprint density at radius 2 is 1.45 bits per heavy atom. The van der Waals surface area contributed by atoms with E-state index < -0.39 is 11.9 Å². The number of hydrogen-bond acceptors (Lipinski definition) is 10. The number of rotatable bonds is 6. The Hall–Kier alpha value is -6.07. The number of amides is 2. The Kier molecular flexibility index (Phi) is 9.51. The molecule has 0 radical (unpaired) electrons. The molecule has 2 aromatic heterocycles. The van der Waals surface area contributed by atoms with Crippen LogP contribution in [-0.2, 0) is 23.7 Å². The molecule has 14 nitrogen and oxygen atoms in total. The van der Waals surface area contributed by atoms with Gasteiger partial charge in [-0.15, -0.1) is 0 Å². The molecule has 2 amide bonds. The number of hydrogen-bond donors (Lipinski definition) is 1. The number of imide groups is 1. The van der Waals surface area contributed by atoms with E-state index in [1.54, 1.807) is 16.2 Å². The lowest BCUT2D eigenvalue weighted by Crippen LogP contribution is -2.49. The number of nitriles is 1. The third-order valence-corrected chi connectivity index (χ3v) is 13.1. The van der Waals surface area contributed by atoms with Crippen LogP contribution in [0.1, 0.15) is 42.9 Å². The molecule has 1 atom stereocenters. The first-order valence-electron chi connectivity index (χ1n) is 20.4. The SMILES string of the molecule is Cc1cc2c(N3CCN(C)c4ccc(C#N)cc43)cc(N3CCC(CN4CCN(c5ccc6c(c5)n(C)c(=O)n6C5CCC(=O)NC5=O)CC4)CC3)cc2n(C)c1=O. The molecular weight excluding hydrogens is 733 g/mol. The van der Waals surface area contributed by atoms with Gasteiger partial charge in [0.25, 0.3) is 5.56 Å². The molecule has 9 rings (SSSR count). The number of nitrogens with zero attached hydrogens (tertiary/aromatic N) is 9. The summed E-state index contributed by atoms with van der Waals surface area (Å²) in [5.41, 5.74) is 8.81. The molecule has 5 aromatic rings. The highest BCUT2D eigenvalue weighted by molar-refractivity contribution is 6.01. The number of carbonyl (C=O) groups excluding carboxylic acids is 2. The standard InChI is InChI=1S/C44H50N10O4/c1-28-21-33-37(48(3)43(28)57)24-32(25-38(33)53-20-15-47(2)34-7-5-30(26-45)22-40(34)53)51-13-11-29(12-14-51)27-50-16-18-52(19-17-50)31-6-8-35-39(23-31)49(4)44(58)54(35)36-9-10-41(55)46-42(36)56/h5-8,21-25,29,36H,9-20,27H2,1-4H3,(H,46,55,56). The molecule has 0 aliphatic carbocycles. The molecule has 0 saturated carbocycles. The van der Waals surface area contributed by atoms with Gasteiger partial charge >= 0.3 is 5.69 Å². The van der Waals surface area contributed by atoms with Crippen LogP contribution in [0.15, 0.2) is 64.2 Å². The molecule has 6 heterocycles. The zero-order valence-electron chi connectivity index (χ0n) is 33.7. The van der Waals surface area contributed by atoms with Gasteiger partial charge in [-0.05, 0) is 86.7 Å². The van der Waals surface area contributed by atoms with Crippen molar-refractivity contribution in [2.75, 3.05) is 85.6 Å². The van der Waals surface area contributed by atoms with Crippen LogP contribution in [0, 0.1) is 24.2 Å². The summed E-state index contributed by atoms with van der Waals surface area (Å²) in [4.78, 5) is 62.9. The smallest absolute Gasteiger partial charge is 0.329 e. The van der Waals surface area contributed by atoms with Crippen molar-refractivity contribution in [3.8, 4) is 6.07 Å². The molecule has 300 valence electrons. The fourth-order valence-electron chi connectivity index (χ4n) is 9.67. The van der Waals surface area contributed by atoms with E-state index in [4.69, 9.17) is 0 Å². The third kappa shape index (κ3) is 6.47. The van der Waals surface area contributed by atoms with Gasteiger partial charge < -0.3 is 24.2 Å². The van der Waals surface area contributed by atoms with Crippen molar-refractivity contribution in [1.82, 2.24) is 23.9 Å². The average Bonchev–Trinajstić information content (AvgIpc) is 3.48. The molecule has 0 spiro atoms. The number of anilines is 5. The van der Waals surface area contributed by atoms with Crippen molar-refractivity contribution in [2.24, 2.45) is 20.0 Å². The van der Waals surface area contributed by atoms with Crippen LogP contribution < -0.4 is 36.2 Å². The molecule has 4 aliphatic heterocycles. The van der Waals surface area contributed by atoms with Crippen LogP contribution in [0.4, 0.5) is 28.4 Å². The molecule has 4 aliphatic rings. The highest BCUT2D eigenvalue weighted by Crippen LogP contribution is 2.43. The number of likely N-dealkylation sites (N-methyl/N-ethyl adjacent to an activating group) is 1. The summed E-state index contributed by atoms with van der Waals surface area (Å²) >= 11 is 0. The number of carbonyl (C=O) groups is 2. The van der Waals surface area contributed by atoms with E-state index in [1.165, 1.54) is 4.57 Å². The topological polar surface area (TPSA) is 135 Å². The van der Waals surface area contributed by atoms with Crippen LogP contribution >= 0.6 is 0 Å². The number of piperidine rings is 2. The maximum Gasteiger partial charge on any atom is 0.329 e. The predicted molar refractivity (Wildman–Crippen MR) is 228 cm³/mol. The fourth-order valence-corrected chi connectivity index (χ4v) is 9.67. The van der Waals surface area contributed by atoms with E-state index >= 15 is 0 Å². The minimum absolute atomic E-state index is 0.00925. The van der Waals surface area contributed by atoms with E-state index in [0.29, 0.717) is 29.0 Å². The summed E-state index contributed by atoms with van der Waals surface area (Å²) in [7, 11) is 5.69. The molecule has 1 N–H and O–H groups in total. The number of benzene rings is 3. The first-order chi connectivity index (χ1) is 28.0. The summed E-state index contributed by atoms with van der Waals surface area (Å²) in [5.74, 6) is -0.138. The van der Waals surface area contributed by atoms with Crippen molar-refractivity contribution >= 4 is 62.2 Å². The summed E-state index contributed by atoms with van der Waals surface area (Å²) in [5, 5.41) is 13.2. The Morgan fingerprint density at radius 1 is 0.707 bits per heavy atom. The number of aromatic nitrogens is 3. The van der Waals surface area contributed by atoms with E-state index in [0.717, 1.165) is 117 Å². The minimum Gasteiger partial charge on any atom is -0.371 e. The van der Waals surface area contributed by atoms with E-state index in [-0.39, 0.29) is 23.6 Å². The van der Waals surface area contributed by atoms with Crippen molar-refractivity contribution < 1.29 is 9.59 Å². The van der Waals surface area contributed by atoms with Gasteiger partial charge in [0.2, 0.25) is 11.8 Å². The van der Waals surface area contributed by atoms with Crippen molar-refractivity contribution in [3.63, 3.8) is 0 Å². The number of nitrogens with one attached hydrogen (secondary N) is 1. The monoisotopic (exact) mass is 782 g/mol. The lowest BCUT2D eigenvalue weighted by atomic mass is 9.95. The van der Waals surface area contributed by atoms with Crippen LogP contribution in [0.5, 0.6) is 0 Å². The van der Waals surface area contributed by atoms with Gasteiger partial charge in [0.15, 0.2) is 0 Å². The molecule has 3 aromatic carbocycles. The third-order valence-electron chi connectivity index (χ3n) is 13.1. The number of fused-ring (bicyclic) bond motifs is 3. The Bertz CT molecular complexity index is 2640. The van der Waals surface area contributed by atoms with E-state index in [2.05, 4.69) is 55.1 Å². The molecule has 14 heteroatoms. The Morgan fingerprint density at radius 3 is 2.19 bits per heavy atom. The van der Waals surface area contributed by atoms with Crippen LogP contribution in [0.25, 0.3) is 21.9 Å². The van der Waals surface area contributed by atoms with Gasteiger partial charge in [-0.2, -0.15) is 5.26 Å². The van der Waals surface area contributed by atoms with Crippen molar-refractivity contribution in [3.05, 3.63) is 86.6 Å². The van der Waals surface area contributed by atoms with Crippen LogP contribution in [0.2, 0.25) is 0 Å². The second kappa shape index (κ2) is 14.7. The largest absolute Gasteiger partial charge is 0.371 e. The summed E-state index contributed by atoms with van der Waals surface area (Å²) < 4.78 is 4.91. The van der Waals surface area contributed by atoms with Gasteiger partial charge in [-0.1, -0.05) is 0 Å². The van der Waals surface area contributed by atoms with E-state index in [1.807, 2.05) is 56.4 Å². The van der Waals surface area contributed by atoms with E-state index in [9.17, 15) is 24.4 Å². The Labute approximate surface area is 337 Å². The molecule has 3 saturated heterocycles. The first kappa shape index (κ1) is 37.5. The fraction of sp³-hybridized carbons (Fsp3) is 0.432. The Balaban J connectivity index is 0.880. The second-order valence-electron chi connectivity index (χ2n) is 16.5. The molecular formula is C44H50N10O4. The number of aryl methyl sites for hydroxylation is 3. The number of pyridine rings is 1. The van der Waals surface area contributed by atoms with Gasteiger partial charge in [0, 0.05) is 109 Å². The first-order valence-corrected chi connectivity index (χ1v) is 20.4. The number of piperazine rings is 1. The minimum atomic E-state index is -0.695. The maximum absolute atomic E-state index is 13.3. The van der Waals surface area contributed by atoms with Crippen molar-refractivity contribution in [2.45, 2.75) is 38.6 Å². The van der Waals surface area contributed by atoms with Gasteiger partial charge in [-0.3, -0.25) is 33.7 Å². The summed E-state index contributed by atoms with van der Waals surface area (Å²) in [6, 6.07) is 20.0. The highest BCUT2D eigenvalue weighted by atomic mass is 16.2. The zero-order chi connectivity index (χ0) is 40.4. The van der Waals surface area contributed by atoms with Gasteiger partial charge in [0.05, 0.1) is 45.2 Å². The molecule has 1 unspecified atom stereocenters. The van der Waals surface area contributed by atoms with Crippen LogP contribution in [0.3, 0.4) is 0 Å². The number of imidazole rings is 1. The maximum atomic E-state index is 13.3. The lowest BCUT2D eigenvalue weighted by molar-refractivity contribution is -0.135. The molecule has 3 fully saturated rings. The van der Waals surface area contributed by atoms with Gasteiger partial charge in [-0.25, -0.2) is 4.79 Å².